The molecule has 0 saturated carbocycles. The van der Waals surface area contributed by atoms with Crippen molar-refractivity contribution in [1.82, 2.24) is 4.90 Å². The first kappa shape index (κ1) is 18.8. The molecule has 0 spiro atoms. The van der Waals surface area contributed by atoms with Gasteiger partial charge in [0.15, 0.2) is 6.61 Å². The minimum Gasteiger partial charge on any atom is -0.482 e. The summed E-state index contributed by atoms with van der Waals surface area (Å²) in [4.78, 5) is 30.9. The van der Waals surface area contributed by atoms with Crippen molar-refractivity contribution in [1.29, 1.82) is 0 Å². The highest BCUT2D eigenvalue weighted by Crippen LogP contribution is 2.34. The summed E-state index contributed by atoms with van der Waals surface area (Å²) < 4.78 is 6.37. The first-order chi connectivity index (χ1) is 13.5. The molecule has 2 heterocycles. The Morgan fingerprint density at radius 1 is 1.07 bits per heavy atom. The van der Waals surface area contributed by atoms with Crippen molar-refractivity contribution in [2.45, 2.75) is 6.92 Å². The van der Waals surface area contributed by atoms with Gasteiger partial charge in [-0.1, -0.05) is 34.1 Å². The SMILES string of the molecule is Cc1ccccc1N1CCN(C(=O)CN2C(=O)COc3cc(Br)ccc32)CC1. The van der Waals surface area contributed by atoms with Gasteiger partial charge in [0, 0.05) is 36.3 Å². The fourth-order valence-corrected chi connectivity index (χ4v) is 4.04. The van der Waals surface area contributed by atoms with Gasteiger partial charge in [-0.15, -0.1) is 0 Å². The number of rotatable bonds is 3. The molecular formula is C21H22BrN3O3. The first-order valence-corrected chi connectivity index (χ1v) is 10.1. The molecule has 2 amide bonds. The Morgan fingerprint density at radius 3 is 2.57 bits per heavy atom. The minimum absolute atomic E-state index is 0.0337. The molecule has 146 valence electrons. The number of carbonyl (C=O) groups is 2. The van der Waals surface area contributed by atoms with Gasteiger partial charge in [0.25, 0.3) is 5.91 Å². The van der Waals surface area contributed by atoms with E-state index in [0.717, 1.165) is 17.6 Å². The third-order valence-corrected chi connectivity index (χ3v) is 5.74. The third kappa shape index (κ3) is 3.71. The zero-order chi connectivity index (χ0) is 19.7. The second kappa shape index (κ2) is 7.83. The number of carbonyl (C=O) groups excluding carboxylic acids is 2. The summed E-state index contributed by atoms with van der Waals surface area (Å²) in [6.45, 7) is 4.98. The van der Waals surface area contributed by atoms with E-state index in [2.05, 4.69) is 39.9 Å². The number of anilines is 2. The van der Waals surface area contributed by atoms with Crippen molar-refractivity contribution in [2.24, 2.45) is 0 Å². The Balaban J connectivity index is 1.41. The minimum atomic E-state index is -0.193. The van der Waals surface area contributed by atoms with Gasteiger partial charge in [-0.25, -0.2) is 0 Å². The predicted molar refractivity (Wildman–Crippen MR) is 112 cm³/mol. The molecule has 7 heteroatoms. The predicted octanol–water partition coefficient (Wildman–Crippen LogP) is 2.83. The van der Waals surface area contributed by atoms with Crippen LogP contribution in [0.5, 0.6) is 5.75 Å². The van der Waals surface area contributed by atoms with E-state index in [1.807, 2.05) is 29.2 Å². The number of para-hydroxylation sites is 1. The number of hydrogen-bond donors (Lipinski definition) is 0. The molecule has 0 radical (unpaired) electrons. The topological polar surface area (TPSA) is 53.1 Å². The molecule has 1 fully saturated rings. The van der Waals surface area contributed by atoms with Crippen LogP contribution < -0.4 is 14.5 Å². The lowest BCUT2D eigenvalue weighted by atomic mass is 10.1. The first-order valence-electron chi connectivity index (χ1n) is 9.34. The lowest BCUT2D eigenvalue weighted by Gasteiger charge is -2.38. The fraction of sp³-hybridized carbons (Fsp3) is 0.333. The summed E-state index contributed by atoms with van der Waals surface area (Å²) in [5.41, 5.74) is 3.10. The number of amides is 2. The van der Waals surface area contributed by atoms with Crippen molar-refractivity contribution in [3.05, 3.63) is 52.5 Å². The molecule has 28 heavy (non-hydrogen) atoms. The lowest BCUT2D eigenvalue weighted by molar-refractivity contribution is -0.132. The van der Waals surface area contributed by atoms with Crippen LogP contribution >= 0.6 is 15.9 Å². The number of piperazine rings is 1. The van der Waals surface area contributed by atoms with Gasteiger partial charge in [0.05, 0.1) is 5.69 Å². The second-order valence-electron chi connectivity index (χ2n) is 7.03. The molecule has 1 saturated heterocycles. The molecular weight excluding hydrogens is 422 g/mol. The summed E-state index contributed by atoms with van der Waals surface area (Å²) in [7, 11) is 0. The van der Waals surface area contributed by atoms with Gasteiger partial charge < -0.3 is 14.5 Å². The maximum atomic E-state index is 12.9. The van der Waals surface area contributed by atoms with E-state index < -0.39 is 0 Å². The summed E-state index contributed by atoms with van der Waals surface area (Å²) in [5.74, 6) is 0.390. The number of hydrogen-bond acceptors (Lipinski definition) is 4. The molecule has 0 N–H and O–H groups in total. The number of aryl methyl sites for hydroxylation is 1. The summed E-state index contributed by atoms with van der Waals surface area (Å²) in [6, 6.07) is 13.8. The molecule has 4 rings (SSSR count). The molecule has 2 aromatic rings. The van der Waals surface area contributed by atoms with Gasteiger partial charge in [0.2, 0.25) is 5.91 Å². The highest BCUT2D eigenvalue weighted by Gasteiger charge is 2.30. The molecule has 6 nitrogen and oxygen atoms in total. The normalized spacial score (nSPS) is 16.6. The smallest absolute Gasteiger partial charge is 0.265 e. The molecule has 0 unspecified atom stereocenters. The van der Waals surface area contributed by atoms with E-state index >= 15 is 0 Å². The van der Waals surface area contributed by atoms with Crippen LogP contribution in [0.1, 0.15) is 5.56 Å². The van der Waals surface area contributed by atoms with Gasteiger partial charge in [-0.3, -0.25) is 14.5 Å². The summed E-state index contributed by atoms with van der Waals surface area (Å²) >= 11 is 3.41. The molecule has 2 aliphatic rings. The zero-order valence-corrected chi connectivity index (χ0v) is 17.3. The monoisotopic (exact) mass is 443 g/mol. The van der Waals surface area contributed by atoms with E-state index in [1.165, 1.54) is 16.2 Å². The Labute approximate surface area is 172 Å². The second-order valence-corrected chi connectivity index (χ2v) is 7.95. The largest absolute Gasteiger partial charge is 0.482 e. The summed E-state index contributed by atoms with van der Waals surface area (Å²) in [5, 5.41) is 0. The van der Waals surface area contributed by atoms with E-state index in [9.17, 15) is 9.59 Å². The van der Waals surface area contributed by atoms with Gasteiger partial charge in [0.1, 0.15) is 12.3 Å². The van der Waals surface area contributed by atoms with Gasteiger partial charge >= 0.3 is 0 Å². The number of fused-ring (bicyclic) bond motifs is 1. The van der Waals surface area contributed by atoms with Crippen LogP contribution in [0.25, 0.3) is 0 Å². The van der Waals surface area contributed by atoms with Crippen molar-refractivity contribution in [3.8, 4) is 5.75 Å². The van der Waals surface area contributed by atoms with Gasteiger partial charge in [-0.2, -0.15) is 0 Å². The zero-order valence-electron chi connectivity index (χ0n) is 15.7. The Morgan fingerprint density at radius 2 is 1.82 bits per heavy atom. The van der Waals surface area contributed by atoms with Crippen LogP contribution in [0, 0.1) is 6.92 Å². The molecule has 2 aromatic carbocycles. The van der Waals surface area contributed by atoms with E-state index in [-0.39, 0.29) is 25.0 Å². The third-order valence-electron chi connectivity index (χ3n) is 5.25. The van der Waals surface area contributed by atoms with E-state index in [1.54, 1.807) is 6.07 Å². The molecule has 0 atom stereocenters. The highest BCUT2D eigenvalue weighted by atomic mass is 79.9. The average Bonchev–Trinajstić information content (AvgIpc) is 2.70. The maximum Gasteiger partial charge on any atom is 0.265 e. The Bertz CT molecular complexity index is 910. The van der Waals surface area contributed by atoms with Crippen LogP contribution in [0.2, 0.25) is 0 Å². The van der Waals surface area contributed by atoms with Crippen molar-refractivity contribution in [3.63, 3.8) is 0 Å². The number of benzene rings is 2. The van der Waals surface area contributed by atoms with Gasteiger partial charge in [-0.05, 0) is 36.8 Å². The van der Waals surface area contributed by atoms with Crippen LogP contribution in [0.4, 0.5) is 11.4 Å². The van der Waals surface area contributed by atoms with Crippen molar-refractivity contribution >= 4 is 39.1 Å². The number of halogens is 1. The molecule has 0 bridgehead atoms. The highest BCUT2D eigenvalue weighted by molar-refractivity contribution is 9.10. The average molecular weight is 444 g/mol. The van der Waals surface area contributed by atoms with Crippen LogP contribution in [-0.4, -0.2) is 56.0 Å². The van der Waals surface area contributed by atoms with Crippen molar-refractivity contribution < 1.29 is 14.3 Å². The number of ether oxygens (including phenoxy) is 1. The van der Waals surface area contributed by atoms with E-state index in [0.29, 0.717) is 24.5 Å². The quantitative estimate of drug-likeness (QED) is 0.731. The molecule has 0 aromatic heterocycles. The molecule has 0 aliphatic carbocycles. The standard InChI is InChI=1S/C21H22BrN3O3/c1-15-4-2-3-5-17(15)23-8-10-24(11-9-23)20(26)13-25-18-7-6-16(22)12-19(18)28-14-21(25)27/h2-7,12H,8-11,13-14H2,1H3. The van der Waals surface area contributed by atoms with Crippen LogP contribution in [0.3, 0.4) is 0 Å². The fourth-order valence-electron chi connectivity index (χ4n) is 3.70. The number of nitrogens with zero attached hydrogens (tertiary/aromatic N) is 3. The Hall–Kier alpha value is -2.54. The van der Waals surface area contributed by atoms with Crippen molar-refractivity contribution in [2.75, 3.05) is 49.1 Å². The van der Waals surface area contributed by atoms with Crippen LogP contribution in [-0.2, 0) is 9.59 Å². The molecule has 2 aliphatic heterocycles. The van der Waals surface area contributed by atoms with E-state index in [4.69, 9.17) is 4.74 Å². The van der Waals surface area contributed by atoms with Crippen LogP contribution in [0.15, 0.2) is 46.9 Å². The lowest BCUT2D eigenvalue weighted by Crippen LogP contribution is -2.53. The summed E-state index contributed by atoms with van der Waals surface area (Å²) in [6.07, 6.45) is 0. The Kier molecular flexibility index (Phi) is 5.26. The maximum absolute atomic E-state index is 12.9.